The molecule has 1 N–H and O–H groups in total. The average molecular weight is 247 g/mol. The Kier molecular flexibility index (Phi) is 2.29. The van der Waals surface area contributed by atoms with Crippen molar-refractivity contribution in [3.8, 4) is 0 Å². The Morgan fingerprint density at radius 3 is 3.00 bits per heavy atom. The topological polar surface area (TPSA) is 72.4 Å². The zero-order chi connectivity index (χ0) is 12.9. The fraction of sp³-hybridized carbons (Fsp3) is 0.385. The second kappa shape index (κ2) is 3.73. The SMILES string of the molecule is Cn1c(=O)oc2cc(CC3CC3C(=O)O)ccc21. The number of hydrogen-bond acceptors (Lipinski definition) is 3. The number of benzene rings is 1. The molecule has 0 bridgehead atoms. The molecule has 0 amide bonds. The predicted octanol–water partition coefficient (Wildman–Crippen LogP) is 1.39. The van der Waals surface area contributed by atoms with Gasteiger partial charge in [-0.1, -0.05) is 6.07 Å². The molecule has 0 radical (unpaired) electrons. The summed E-state index contributed by atoms with van der Waals surface area (Å²) in [6.45, 7) is 0. The van der Waals surface area contributed by atoms with Crippen LogP contribution in [0.2, 0.25) is 0 Å². The number of aryl methyl sites for hydroxylation is 1. The van der Waals surface area contributed by atoms with Gasteiger partial charge in [0.2, 0.25) is 0 Å². The minimum atomic E-state index is -0.715. The molecular formula is C13H13NO4. The van der Waals surface area contributed by atoms with Gasteiger partial charge in [-0.05, 0) is 36.5 Å². The summed E-state index contributed by atoms with van der Waals surface area (Å²) in [5.41, 5.74) is 2.34. The number of carboxylic acids is 1. The highest BCUT2D eigenvalue weighted by atomic mass is 16.4. The monoisotopic (exact) mass is 247 g/mol. The van der Waals surface area contributed by atoms with Gasteiger partial charge in [-0.2, -0.15) is 0 Å². The van der Waals surface area contributed by atoms with Gasteiger partial charge in [-0.3, -0.25) is 9.36 Å². The molecule has 18 heavy (non-hydrogen) atoms. The summed E-state index contributed by atoms with van der Waals surface area (Å²) in [6.07, 6.45) is 1.47. The van der Waals surface area contributed by atoms with Crippen LogP contribution in [0.5, 0.6) is 0 Å². The van der Waals surface area contributed by atoms with E-state index in [0.717, 1.165) is 23.9 Å². The summed E-state index contributed by atoms with van der Waals surface area (Å²) >= 11 is 0. The lowest BCUT2D eigenvalue weighted by Crippen LogP contribution is -2.08. The van der Waals surface area contributed by atoms with Gasteiger partial charge in [0.05, 0.1) is 11.4 Å². The van der Waals surface area contributed by atoms with Crippen molar-refractivity contribution in [1.29, 1.82) is 0 Å². The number of nitrogens with zero attached hydrogens (tertiary/aromatic N) is 1. The maximum absolute atomic E-state index is 11.3. The van der Waals surface area contributed by atoms with Gasteiger partial charge < -0.3 is 9.52 Å². The number of hydrogen-bond donors (Lipinski definition) is 1. The molecule has 0 saturated heterocycles. The predicted molar refractivity (Wildman–Crippen MR) is 64.4 cm³/mol. The largest absolute Gasteiger partial charge is 0.481 e. The van der Waals surface area contributed by atoms with Crippen molar-refractivity contribution in [1.82, 2.24) is 4.57 Å². The van der Waals surface area contributed by atoms with Crippen LogP contribution in [0.4, 0.5) is 0 Å². The standard InChI is InChI=1S/C13H13NO4/c1-14-10-3-2-7(5-11(10)18-13(14)17)4-8-6-9(8)12(15)16/h2-3,5,8-9H,4,6H2,1H3,(H,15,16). The second-order valence-corrected chi connectivity index (χ2v) is 4.87. The van der Waals surface area contributed by atoms with Gasteiger partial charge in [-0.15, -0.1) is 0 Å². The Morgan fingerprint density at radius 1 is 1.56 bits per heavy atom. The van der Waals surface area contributed by atoms with Gasteiger partial charge in [-0.25, -0.2) is 4.79 Å². The molecule has 0 spiro atoms. The van der Waals surface area contributed by atoms with Crippen molar-refractivity contribution in [3.05, 3.63) is 34.3 Å². The summed E-state index contributed by atoms with van der Waals surface area (Å²) in [5.74, 6) is -1.08. The molecular weight excluding hydrogens is 234 g/mol. The molecule has 1 fully saturated rings. The summed E-state index contributed by atoms with van der Waals surface area (Å²) in [4.78, 5) is 22.1. The highest BCUT2D eigenvalue weighted by Crippen LogP contribution is 2.41. The first-order chi connectivity index (χ1) is 8.56. The van der Waals surface area contributed by atoms with E-state index < -0.39 is 5.97 Å². The zero-order valence-electron chi connectivity index (χ0n) is 9.92. The van der Waals surface area contributed by atoms with Crippen molar-refractivity contribution in [2.24, 2.45) is 18.9 Å². The molecule has 1 heterocycles. The highest BCUT2D eigenvalue weighted by Gasteiger charge is 2.42. The number of fused-ring (bicyclic) bond motifs is 1. The van der Waals surface area contributed by atoms with Crippen LogP contribution in [0.25, 0.3) is 11.1 Å². The van der Waals surface area contributed by atoms with Crippen molar-refractivity contribution >= 4 is 17.1 Å². The Balaban J connectivity index is 1.86. The van der Waals surface area contributed by atoms with Crippen molar-refractivity contribution in [2.75, 3.05) is 0 Å². The van der Waals surface area contributed by atoms with Gasteiger partial charge >= 0.3 is 11.7 Å². The first-order valence-corrected chi connectivity index (χ1v) is 5.87. The van der Waals surface area contributed by atoms with Crippen LogP contribution >= 0.6 is 0 Å². The van der Waals surface area contributed by atoms with E-state index in [1.54, 1.807) is 7.05 Å². The van der Waals surface area contributed by atoms with Crippen LogP contribution in [-0.4, -0.2) is 15.6 Å². The van der Waals surface area contributed by atoms with E-state index in [9.17, 15) is 9.59 Å². The first-order valence-electron chi connectivity index (χ1n) is 5.87. The Bertz CT molecular complexity index is 682. The van der Waals surface area contributed by atoms with Gasteiger partial charge in [0, 0.05) is 7.05 Å². The molecule has 1 aliphatic rings. The van der Waals surface area contributed by atoms with E-state index in [1.807, 2.05) is 18.2 Å². The number of rotatable bonds is 3. The van der Waals surface area contributed by atoms with Gasteiger partial charge in [0.1, 0.15) is 0 Å². The second-order valence-electron chi connectivity index (χ2n) is 4.87. The first kappa shape index (κ1) is 11.1. The number of carbonyl (C=O) groups is 1. The number of oxazole rings is 1. The average Bonchev–Trinajstić information content (AvgIpc) is 3.02. The van der Waals surface area contributed by atoms with E-state index >= 15 is 0 Å². The minimum Gasteiger partial charge on any atom is -0.481 e. The van der Waals surface area contributed by atoms with Crippen LogP contribution in [0.1, 0.15) is 12.0 Å². The van der Waals surface area contributed by atoms with Crippen LogP contribution < -0.4 is 5.76 Å². The quantitative estimate of drug-likeness (QED) is 0.889. The van der Waals surface area contributed by atoms with E-state index in [4.69, 9.17) is 9.52 Å². The zero-order valence-corrected chi connectivity index (χ0v) is 9.92. The lowest BCUT2D eigenvalue weighted by Gasteiger charge is -1.99. The van der Waals surface area contributed by atoms with Crippen LogP contribution in [-0.2, 0) is 18.3 Å². The van der Waals surface area contributed by atoms with Crippen LogP contribution in [0.3, 0.4) is 0 Å². The minimum absolute atomic E-state index is 0.205. The van der Waals surface area contributed by atoms with E-state index in [0.29, 0.717) is 5.58 Å². The molecule has 94 valence electrons. The molecule has 1 saturated carbocycles. The van der Waals surface area contributed by atoms with Gasteiger partial charge in [0.15, 0.2) is 5.58 Å². The van der Waals surface area contributed by atoms with E-state index in [-0.39, 0.29) is 17.6 Å². The smallest absolute Gasteiger partial charge is 0.419 e. The fourth-order valence-electron chi connectivity index (χ4n) is 2.38. The molecule has 1 aromatic carbocycles. The Labute approximate surface area is 103 Å². The maximum atomic E-state index is 11.3. The fourth-order valence-corrected chi connectivity index (χ4v) is 2.38. The number of carboxylic acid groups (broad SMARTS) is 1. The third-order valence-corrected chi connectivity index (χ3v) is 3.59. The van der Waals surface area contributed by atoms with E-state index in [1.165, 1.54) is 4.57 Å². The third-order valence-electron chi connectivity index (χ3n) is 3.59. The lowest BCUT2D eigenvalue weighted by atomic mass is 10.1. The summed E-state index contributed by atoms with van der Waals surface area (Å²) < 4.78 is 6.56. The highest BCUT2D eigenvalue weighted by molar-refractivity contribution is 5.75. The molecule has 2 unspecified atom stereocenters. The van der Waals surface area contributed by atoms with Crippen molar-refractivity contribution < 1.29 is 14.3 Å². The molecule has 2 aromatic rings. The molecule has 3 rings (SSSR count). The third kappa shape index (κ3) is 1.72. The number of aromatic nitrogens is 1. The summed E-state index contributed by atoms with van der Waals surface area (Å²) in [6, 6.07) is 5.59. The maximum Gasteiger partial charge on any atom is 0.419 e. The van der Waals surface area contributed by atoms with E-state index in [2.05, 4.69) is 0 Å². The molecule has 1 aliphatic carbocycles. The molecule has 0 aliphatic heterocycles. The number of aliphatic carboxylic acids is 1. The molecule has 5 heteroatoms. The molecule has 1 aromatic heterocycles. The molecule has 5 nitrogen and oxygen atoms in total. The Morgan fingerprint density at radius 2 is 2.33 bits per heavy atom. The summed E-state index contributed by atoms with van der Waals surface area (Å²) in [5, 5.41) is 8.85. The van der Waals surface area contributed by atoms with Crippen LogP contribution in [0, 0.1) is 11.8 Å². The normalized spacial score (nSPS) is 22.3. The Hall–Kier alpha value is -2.04. The van der Waals surface area contributed by atoms with Crippen molar-refractivity contribution in [2.45, 2.75) is 12.8 Å². The summed E-state index contributed by atoms with van der Waals surface area (Å²) in [7, 11) is 1.66. The molecule has 2 atom stereocenters. The lowest BCUT2D eigenvalue weighted by molar-refractivity contribution is -0.138. The van der Waals surface area contributed by atoms with Crippen LogP contribution in [0.15, 0.2) is 27.4 Å². The van der Waals surface area contributed by atoms with Gasteiger partial charge in [0.25, 0.3) is 0 Å². The van der Waals surface area contributed by atoms with Crippen molar-refractivity contribution in [3.63, 3.8) is 0 Å².